The average Bonchev–Trinajstić information content (AvgIpc) is 2.84. The van der Waals surface area contributed by atoms with Gasteiger partial charge in [-0.1, -0.05) is 22.8 Å². The molecule has 1 aromatic heterocycles. The Kier molecular flexibility index (Phi) is 5.05. The Morgan fingerprint density at radius 3 is 2.82 bits per heavy atom. The van der Waals surface area contributed by atoms with E-state index in [0.717, 1.165) is 5.69 Å². The molecule has 2 rings (SSSR count). The molecule has 118 valence electrons. The van der Waals surface area contributed by atoms with Gasteiger partial charge in [0.1, 0.15) is 0 Å². The molecule has 0 saturated carbocycles. The maximum Gasteiger partial charge on any atom is 0.319 e. The fourth-order valence-electron chi connectivity index (χ4n) is 1.89. The second kappa shape index (κ2) is 6.99. The number of hydrogen-bond acceptors (Lipinski definition) is 6. The number of halogens is 1. The molecule has 2 aromatic rings. The Hall–Kier alpha value is -2.48. The highest BCUT2D eigenvalue weighted by Gasteiger charge is 2.11. The van der Waals surface area contributed by atoms with Crippen LogP contribution in [0, 0.1) is 0 Å². The van der Waals surface area contributed by atoms with Crippen molar-refractivity contribution >= 4 is 35.0 Å². The van der Waals surface area contributed by atoms with Crippen LogP contribution in [0.1, 0.15) is 5.89 Å². The maximum absolute atomic E-state index is 11.9. The first-order chi connectivity index (χ1) is 10.5. The van der Waals surface area contributed by atoms with Crippen LogP contribution in [0.4, 0.5) is 22.2 Å². The average molecular weight is 325 g/mol. The van der Waals surface area contributed by atoms with Crippen molar-refractivity contribution in [3.8, 4) is 0 Å². The van der Waals surface area contributed by atoms with E-state index >= 15 is 0 Å². The van der Waals surface area contributed by atoms with Crippen LogP contribution in [-0.2, 0) is 6.42 Å². The Labute approximate surface area is 132 Å². The van der Waals surface area contributed by atoms with Gasteiger partial charge < -0.3 is 25.7 Å². The minimum atomic E-state index is -0.349. The van der Waals surface area contributed by atoms with Gasteiger partial charge in [-0.3, -0.25) is 0 Å². The molecule has 0 unspecified atom stereocenters. The molecule has 4 N–H and O–H groups in total. The third-order valence-electron chi connectivity index (χ3n) is 2.79. The molecule has 1 heterocycles. The molecule has 0 aliphatic carbocycles. The van der Waals surface area contributed by atoms with Gasteiger partial charge in [0.2, 0.25) is 5.89 Å². The van der Waals surface area contributed by atoms with Crippen molar-refractivity contribution in [3.05, 3.63) is 29.1 Å². The lowest BCUT2D eigenvalue weighted by atomic mass is 10.2. The van der Waals surface area contributed by atoms with Gasteiger partial charge in [-0.05, 0) is 12.1 Å². The van der Waals surface area contributed by atoms with Crippen molar-refractivity contribution in [2.75, 3.05) is 36.6 Å². The molecule has 2 amide bonds. The first kappa shape index (κ1) is 15.9. The predicted octanol–water partition coefficient (Wildman–Crippen LogP) is 1.74. The lowest BCUT2D eigenvalue weighted by Crippen LogP contribution is -2.31. The van der Waals surface area contributed by atoms with Gasteiger partial charge in [0.05, 0.1) is 16.4 Å². The van der Waals surface area contributed by atoms with E-state index in [4.69, 9.17) is 21.8 Å². The summed E-state index contributed by atoms with van der Waals surface area (Å²) in [6, 6.07) is 4.97. The summed E-state index contributed by atoms with van der Waals surface area (Å²) in [5.74, 6) is 0.370. The quantitative estimate of drug-likeness (QED) is 0.772. The number of rotatable bonds is 5. The van der Waals surface area contributed by atoms with E-state index in [1.807, 2.05) is 19.0 Å². The van der Waals surface area contributed by atoms with Crippen molar-refractivity contribution in [2.45, 2.75) is 6.42 Å². The lowest BCUT2D eigenvalue weighted by molar-refractivity contribution is 0.252. The molecule has 9 heteroatoms. The van der Waals surface area contributed by atoms with Gasteiger partial charge in [0, 0.05) is 27.1 Å². The molecule has 0 fully saturated rings. The zero-order chi connectivity index (χ0) is 16.1. The van der Waals surface area contributed by atoms with E-state index in [1.54, 1.807) is 18.2 Å². The molecule has 1 aromatic carbocycles. The van der Waals surface area contributed by atoms with Gasteiger partial charge >= 0.3 is 12.0 Å². The number of hydrogen-bond donors (Lipinski definition) is 3. The Bertz CT molecular complexity index is 658. The van der Waals surface area contributed by atoms with Crippen molar-refractivity contribution in [1.82, 2.24) is 15.5 Å². The largest absolute Gasteiger partial charge is 0.408 e. The first-order valence-electron chi connectivity index (χ1n) is 6.56. The van der Waals surface area contributed by atoms with Crippen LogP contribution in [0.3, 0.4) is 0 Å². The van der Waals surface area contributed by atoms with Crippen molar-refractivity contribution in [2.24, 2.45) is 0 Å². The fraction of sp³-hybridized carbons (Fsp3) is 0.308. The number of urea groups is 1. The van der Waals surface area contributed by atoms with Crippen LogP contribution in [0.2, 0.25) is 5.02 Å². The number of carbonyl (C=O) groups excluding carboxylic acids is 1. The summed E-state index contributed by atoms with van der Waals surface area (Å²) in [4.78, 5) is 13.8. The standard InChI is InChI=1S/C13H17ClN6O2/c1-20(2)11-8(14)4-3-5-9(11)17-13(21)16-7-6-10-18-19-12(15)22-10/h3-5H,6-7H2,1-2H3,(H2,15,19)(H2,16,17,21). The van der Waals surface area contributed by atoms with Crippen LogP contribution in [0.25, 0.3) is 0 Å². The normalized spacial score (nSPS) is 10.3. The van der Waals surface area contributed by atoms with E-state index in [-0.39, 0.29) is 12.0 Å². The lowest BCUT2D eigenvalue weighted by Gasteiger charge is -2.19. The highest BCUT2D eigenvalue weighted by atomic mass is 35.5. The molecule has 0 bridgehead atoms. The van der Waals surface area contributed by atoms with E-state index in [1.165, 1.54) is 0 Å². The zero-order valence-corrected chi connectivity index (χ0v) is 13.0. The van der Waals surface area contributed by atoms with E-state index in [9.17, 15) is 4.79 Å². The van der Waals surface area contributed by atoms with Gasteiger partial charge in [-0.25, -0.2) is 4.79 Å². The zero-order valence-electron chi connectivity index (χ0n) is 12.3. The van der Waals surface area contributed by atoms with Crippen LogP contribution < -0.4 is 21.3 Å². The Morgan fingerprint density at radius 1 is 1.41 bits per heavy atom. The molecule has 0 aliphatic heterocycles. The summed E-state index contributed by atoms with van der Waals surface area (Å²) in [5, 5.41) is 13.3. The van der Waals surface area contributed by atoms with Crippen molar-refractivity contribution < 1.29 is 9.21 Å². The van der Waals surface area contributed by atoms with Crippen LogP contribution in [0.15, 0.2) is 22.6 Å². The SMILES string of the molecule is CN(C)c1c(Cl)cccc1NC(=O)NCCc1nnc(N)o1. The minimum Gasteiger partial charge on any atom is -0.408 e. The third-order valence-corrected chi connectivity index (χ3v) is 3.09. The highest BCUT2D eigenvalue weighted by molar-refractivity contribution is 6.34. The maximum atomic E-state index is 11.9. The van der Waals surface area contributed by atoms with Gasteiger partial charge in [0.25, 0.3) is 0 Å². The second-order valence-electron chi connectivity index (χ2n) is 4.70. The number of amides is 2. The summed E-state index contributed by atoms with van der Waals surface area (Å²) < 4.78 is 5.01. The molecular formula is C13H17ClN6O2. The summed E-state index contributed by atoms with van der Waals surface area (Å²) in [7, 11) is 3.70. The van der Waals surface area contributed by atoms with Gasteiger partial charge in [-0.2, -0.15) is 0 Å². The predicted molar refractivity (Wildman–Crippen MR) is 85.2 cm³/mol. The van der Waals surface area contributed by atoms with Crippen LogP contribution in [0.5, 0.6) is 0 Å². The number of nitrogen functional groups attached to an aromatic ring is 1. The molecule has 0 radical (unpaired) electrons. The van der Waals surface area contributed by atoms with Gasteiger partial charge in [0.15, 0.2) is 0 Å². The monoisotopic (exact) mass is 324 g/mol. The Balaban J connectivity index is 1.91. The number of benzene rings is 1. The molecule has 22 heavy (non-hydrogen) atoms. The Morgan fingerprint density at radius 2 is 2.18 bits per heavy atom. The number of nitrogens with zero attached hydrogens (tertiary/aromatic N) is 3. The smallest absolute Gasteiger partial charge is 0.319 e. The number of para-hydroxylation sites is 1. The van der Waals surface area contributed by atoms with Crippen LogP contribution in [-0.4, -0.2) is 36.9 Å². The number of nitrogens with one attached hydrogen (secondary N) is 2. The second-order valence-corrected chi connectivity index (χ2v) is 5.10. The molecule has 0 atom stereocenters. The van der Waals surface area contributed by atoms with Crippen molar-refractivity contribution in [3.63, 3.8) is 0 Å². The topological polar surface area (TPSA) is 109 Å². The summed E-state index contributed by atoms with van der Waals surface area (Å²) in [6.45, 7) is 0.339. The number of carbonyl (C=O) groups is 1. The summed E-state index contributed by atoms with van der Waals surface area (Å²) >= 11 is 6.14. The number of anilines is 3. The summed E-state index contributed by atoms with van der Waals surface area (Å²) in [6.07, 6.45) is 0.397. The summed E-state index contributed by atoms with van der Waals surface area (Å²) in [5.41, 5.74) is 6.68. The minimum absolute atomic E-state index is 0.00834. The molecule has 0 saturated heterocycles. The molecule has 0 spiro atoms. The van der Waals surface area contributed by atoms with E-state index in [0.29, 0.717) is 29.6 Å². The number of aromatic nitrogens is 2. The molecular weight excluding hydrogens is 308 g/mol. The van der Waals surface area contributed by atoms with Crippen molar-refractivity contribution in [1.29, 1.82) is 0 Å². The van der Waals surface area contributed by atoms with E-state index in [2.05, 4.69) is 20.8 Å². The third kappa shape index (κ3) is 4.01. The first-order valence-corrected chi connectivity index (χ1v) is 6.93. The number of nitrogens with two attached hydrogens (primary N) is 1. The highest BCUT2D eigenvalue weighted by Crippen LogP contribution is 2.32. The van der Waals surface area contributed by atoms with Gasteiger partial charge in [-0.15, -0.1) is 5.10 Å². The van der Waals surface area contributed by atoms with E-state index < -0.39 is 0 Å². The van der Waals surface area contributed by atoms with Crippen LogP contribution >= 0.6 is 11.6 Å². The molecule has 0 aliphatic rings. The fourth-order valence-corrected chi connectivity index (χ4v) is 2.23. The molecule has 8 nitrogen and oxygen atoms in total.